The lowest BCUT2D eigenvalue weighted by Gasteiger charge is -2.16. The van der Waals surface area contributed by atoms with Crippen LogP contribution in [-0.4, -0.2) is 7.05 Å². The van der Waals surface area contributed by atoms with E-state index in [4.69, 9.17) is 0 Å². The van der Waals surface area contributed by atoms with Crippen molar-refractivity contribution in [2.75, 3.05) is 7.05 Å². The lowest BCUT2D eigenvalue weighted by Crippen LogP contribution is -2.16. The molecule has 0 spiro atoms. The Labute approximate surface area is 132 Å². The summed E-state index contributed by atoms with van der Waals surface area (Å²) in [5.74, 6) is 0. The molecular weight excluding hydrogens is 274 g/mol. The van der Waals surface area contributed by atoms with Gasteiger partial charge in [0.05, 0.1) is 6.04 Å². The fourth-order valence-electron chi connectivity index (χ4n) is 3.25. The van der Waals surface area contributed by atoms with Crippen molar-refractivity contribution in [2.24, 2.45) is 0 Å². The Morgan fingerprint density at radius 3 is 2.57 bits per heavy atom. The van der Waals surface area contributed by atoms with Gasteiger partial charge in [0, 0.05) is 9.75 Å². The van der Waals surface area contributed by atoms with Gasteiger partial charge < -0.3 is 5.32 Å². The van der Waals surface area contributed by atoms with Crippen molar-refractivity contribution in [3.63, 3.8) is 0 Å². The number of fused-ring (bicyclic) bond motifs is 1. The zero-order chi connectivity index (χ0) is 14.8. The van der Waals surface area contributed by atoms with Gasteiger partial charge in [-0.3, -0.25) is 0 Å². The van der Waals surface area contributed by atoms with Crippen LogP contribution in [0.4, 0.5) is 0 Å². The molecule has 1 heterocycles. The number of benzene rings is 1. The Kier molecular flexibility index (Phi) is 4.46. The molecule has 0 aliphatic heterocycles. The number of hydrogen-bond acceptors (Lipinski definition) is 2. The quantitative estimate of drug-likeness (QED) is 0.791. The van der Waals surface area contributed by atoms with Crippen LogP contribution in [0.3, 0.4) is 0 Å². The summed E-state index contributed by atoms with van der Waals surface area (Å²) in [5, 5.41) is 3.52. The molecular formula is C19H25NS. The van der Waals surface area contributed by atoms with Crippen LogP contribution in [0, 0.1) is 13.8 Å². The third-order valence-corrected chi connectivity index (χ3v) is 6.01. The Hall–Kier alpha value is -1.12. The molecule has 0 bridgehead atoms. The minimum absolute atomic E-state index is 0.334. The SMILES string of the molecule is CNC(c1ccc(C)c(C)c1)c1cc2c(s1)CCCCC2. The first kappa shape index (κ1) is 14.8. The summed E-state index contributed by atoms with van der Waals surface area (Å²) in [6.45, 7) is 4.38. The number of hydrogen-bond donors (Lipinski definition) is 1. The molecule has 0 saturated heterocycles. The molecule has 1 aromatic carbocycles. The van der Waals surface area contributed by atoms with Crippen LogP contribution < -0.4 is 5.32 Å². The lowest BCUT2D eigenvalue weighted by molar-refractivity contribution is 0.697. The largest absolute Gasteiger partial charge is 0.309 e. The molecule has 1 aliphatic rings. The molecule has 0 radical (unpaired) electrons. The van der Waals surface area contributed by atoms with Crippen molar-refractivity contribution in [1.29, 1.82) is 0 Å². The monoisotopic (exact) mass is 299 g/mol. The van der Waals surface area contributed by atoms with Gasteiger partial charge in [0.2, 0.25) is 0 Å². The van der Waals surface area contributed by atoms with E-state index in [9.17, 15) is 0 Å². The first-order valence-corrected chi connectivity index (χ1v) is 8.86. The van der Waals surface area contributed by atoms with Crippen molar-refractivity contribution in [2.45, 2.75) is 52.0 Å². The minimum atomic E-state index is 0.334. The zero-order valence-corrected chi connectivity index (χ0v) is 14.1. The summed E-state index contributed by atoms with van der Waals surface area (Å²) in [7, 11) is 2.07. The minimum Gasteiger partial charge on any atom is -0.309 e. The molecule has 1 aromatic heterocycles. The highest BCUT2D eigenvalue weighted by atomic mass is 32.1. The Balaban J connectivity index is 1.94. The average Bonchev–Trinajstić information content (AvgIpc) is 2.74. The molecule has 1 unspecified atom stereocenters. The summed E-state index contributed by atoms with van der Waals surface area (Å²) in [5.41, 5.74) is 5.75. The molecule has 0 saturated carbocycles. The van der Waals surface area contributed by atoms with E-state index in [1.165, 1.54) is 53.7 Å². The first-order chi connectivity index (χ1) is 10.2. The van der Waals surface area contributed by atoms with Crippen LogP contribution in [0.1, 0.15) is 57.3 Å². The summed E-state index contributed by atoms with van der Waals surface area (Å²) >= 11 is 2.02. The highest BCUT2D eigenvalue weighted by molar-refractivity contribution is 7.12. The van der Waals surface area contributed by atoms with E-state index in [0.717, 1.165) is 0 Å². The second kappa shape index (κ2) is 6.33. The normalized spacial score (nSPS) is 16.3. The maximum absolute atomic E-state index is 3.52. The van der Waals surface area contributed by atoms with E-state index in [1.54, 1.807) is 10.4 Å². The van der Waals surface area contributed by atoms with Gasteiger partial charge in [-0.25, -0.2) is 0 Å². The summed E-state index contributed by atoms with van der Waals surface area (Å²) in [6, 6.07) is 9.65. The van der Waals surface area contributed by atoms with E-state index in [-0.39, 0.29) is 0 Å². The number of rotatable bonds is 3. The Morgan fingerprint density at radius 1 is 1.00 bits per heavy atom. The molecule has 1 N–H and O–H groups in total. The van der Waals surface area contributed by atoms with Crippen molar-refractivity contribution in [3.8, 4) is 0 Å². The molecule has 3 rings (SSSR count). The van der Waals surface area contributed by atoms with Gasteiger partial charge in [0.15, 0.2) is 0 Å². The van der Waals surface area contributed by atoms with Crippen LogP contribution in [-0.2, 0) is 12.8 Å². The third-order valence-electron chi connectivity index (χ3n) is 4.70. The van der Waals surface area contributed by atoms with Crippen molar-refractivity contribution in [1.82, 2.24) is 5.32 Å². The molecule has 112 valence electrons. The molecule has 2 aromatic rings. The standard InChI is InChI=1S/C19H25NS/c1-13-9-10-16(11-14(13)2)19(20-3)18-12-15-7-5-4-6-8-17(15)21-18/h9-12,19-20H,4-8H2,1-3H3. The molecule has 2 heteroatoms. The summed E-state index contributed by atoms with van der Waals surface area (Å²) in [6.07, 6.45) is 6.67. The third kappa shape index (κ3) is 3.07. The number of thiophene rings is 1. The van der Waals surface area contributed by atoms with E-state index in [1.807, 2.05) is 11.3 Å². The van der Waals surface area contributed by atoms with Gasteiger partial charge in [0.1, 0.15) is 0 Å². The van der Waals surface area contributed by atoms with Gasteiger partial charge in [-0.15, -0.1) is 11.3 Å². The van der Waals surface area contributed by atoms with Crippen LogP contribution in [0.15, 0.2) is 24.3 Å². The van der Waals surface area contributed by atoms with Gasteiger partial charge in [-0.2, -0.15) is 0 Å². The molecule has 1 atom stereocenters. The fourth-order valence-corrected chi connectivity index (χ4v) is 4.65. The molecule has 21 heavy (non-hydrogen) atoms. The highest BCUT2D eigenvalue weighted by Gasteiger charge is 2.19. The second-order valence-corrected chi connectivity index (χ2v) is 7.39. The van der Waals surface area contributed by atoms with Crippen LogP contribution in [0.25, 0.3) is 0 Å². The van der Waals surface area contributed by atoms with E-state index in [2.05, 4.69) is 50.5 Å². The lowest BCUT2D eigenvalue weighted by atomic mass is 9.99. The smallest absolute Gasteiger partial charge is 0.0668 e. The van der Waals surface area contributed by atoms with Gasteiger partial charge in [-0.1, -0.05) is 24.6 Å². The highest BCUT2D eigenvalue weighted by Crippen LogP contribution is 2.35. The predicted octanol–water partition coefficient (Wildman–Crippen LogP) is 4.94. The summed E-state index contributed by atoms with van der Waals surface area (Å²) < 4.78 is 0. The van der Waals surface area contributed by atoms with Gasteiger partial charge in [0.25, 0.3) is 0 Å². The Bertz CT molecular complexity index is 603. The average molecular weight is 299 g/mol. The maximum atomic E-state index is 3.52. The molecule has 0 fully saturated rings. The van der Waals surface area contributed by atoms with Crippen molar-refractivity contribution in [3.05, 3.63) is 56.3 Å². The van der Waals surface area contributed by atoms with E-state index < -0.39 is 0 Å². The number of aryl methyl sites for hydroxylation is 4. The van der Waals surface area contributed by atoms with E-state index in [0.29, 0.717) is 6.04 Å². The fraction of sp³-hybridized carbons (Fsp3) is 0.474. The van der Waals surface area contributed by atoms with Crippen molar-refractivity contribution >= 4 is 11.3 Å². The molecule has 1 nitrogen and oxygen atoms in total. The van der Waals surface area contributed by atoms with Crippen LogP contribution >= 0.6 is 11.3 Å². The zero-order valence-electron chi connectivity index (χ0n) is 13.3. The second-order valence-electron chi connectivity index (χ2n) is 6.22. The Morgan fingerprint density at radius 2 is 1.81 bits per heavy atom. The van der Waals surface area contributed by atoms with Gasteiger partial charge >= 0.3 is 0 Å². The van der Waals surface area contributed by atoms with Crippen molar-refractivity contribution < 1.29 is 0 Å². The molecule has 1 aliphatic carbocycles. The summed E-state index contributed by atoms with van der Waals surface area (Å²) in [4.78, 5) is 3.11. The topological polar surface area (TPSA) is 12.0 Å². The van der Waals surface area contributed by atoms with Gasteiger partial charge in [-0.05, 0) is 74.9 Å². The molecule has 0 amide bonds. The maximum Gasteiger partial charge on any atom is 0.0668 e. The predicted molar refractivity (Wildman–Crippen MR) is 92.4 cm³/mol. The first-order valence-electron chi connectivity index (χ1n) is 8.05. The van der Waals surface area contributed by atoms with Crippen LogP contribution in [0.5, 0.6) is 0 Å². The van der Waals surface area contributed by atoms with Crippen LogP contribution in [0.2, 0.25) is 0 Å². The van der Waals surface area contributed by atoms with E-state index >= 15 is 0 Å². The number of nitrogens with one attached hydrogen (secondary N) is 1.